The smallest absolute Gasteiger partial charge is 0.262 e. The van der Waals surface area contributed by atoms with E-state index in [-0.39, 0.29) is 11.7 Å². The summed E-state index contributed by atoms with van der Waals surface area (Å²) in [6.45, 7) is 0. The topological polar surface area (TPSA) is 61.0 Å². The van der Waals surface area contributed by atoms with E-state index in [1.165, 1.54) is 19.4 Å². The third kappa shape index (κ3) is 2.45. The number of benzene rings is 1. The van der Waals surface area contributed by atoms with Gasteiger partial charge < -0.3 is 9.26 Å². The summed E-state index contributed by atoms with van der Waals surface area (Å²) in [6, 6.07) is 5.04. The van der Waals surface area contributed by atoms with Gasteiger partial charge in [0.15, 0.2) is 11.6 Å². The Kier molecular flexibility index (Phi) is 3.31. The van der Waals surface area contributed by atoms with Gasteiger partial charge in [0.2, 0.25) is 5.82 Å². The fraction of sp³-hybridized carbons (Fsp3) is 0.0714. The average Bonchev–Trinajstić information content (AvgIpc) is 2.99. The molecule has 0 saturated carbocycles. The molecule has 0 aliphatic carbocycles. The zero-order valence-corrected chi connectivity index (χ0v) is 10.9. The highest BCUT2D eigenvalue weighted by molar-refractivity contribution is 5.64. The van der Waals surface area contributed by atoms with E-state index in [9.17, 15) is 8.78 Å². The van der Waals surface area contributed by atoms with Gasteiger partial charge in [-0.25, -0.2) is 8.78 Å². The van der Waals surface area contributed by atoms with Crippen molar-refractivity contribution in [1.29, 1.82) is 0 Å². The van der Waals surface area contributed by atoms with E-state index in [4.69, 9.17) is 9.26 Å². The molecule has 3 aromatic rings. The van der Waals surface area contributed by atoms with Crippen LogP contribution in [0.2, 0.25) is 0 Å². The normalized spacial score (nSPS) is 10.6. The molecule has 2 heterocycles. The lowest BCUT2D eigenvalue weighted by molar-refractivity contribution is 0.404. The van der Waals surface area contributed by atoms with E-state index in [0.29, 0.717) is 16.9 Å². The molecule has 0 aliphatic rings. The Morgan fingerprint density at radius 1 is 1.14 bits per heavy atom. The minimum atomic E-state index is -0.972. The van der Waals surface area contributed by atoms with Crippen molar-refractivity contribution < 1.29 is 18.0 Å². The van der Waals surface area contributed by atoms with E-state index in [1.54, 1.807) is 12.3 Å². The van der Waals surface area contributed by atoms with Crippen LogP contribution in [0.5, 0.6) is 5.75 Å². The molecule has 3 rings (SSSR count). The summed E-state index contributed by atoms with van der Waals surface area (Å²) in [5.41, 5.74) is 0.880. The highest BCUT2D eigenvalue weighted by Crippen LogP contribution is 2.29. The first-order valence-electron chi connectivity index (χ1n) is 5.96. The molecule has 0 atom stereocenters. The van der Waals surface area contributed by atoms with Crippen LogP contribution in [0, 0.1) is 11.6 Å². The molecule has 106 valence electrons. The van der Waals surface area contributed by atoms with Crippen LogP contribution in [0.4, 0.5) is 8.78 Å². The van der Waals surface area contributed by atoms with Crippen molar-refractivity contribution >= 4 is 0 Å². The first-order chi connectivity index (χ1) is 10.2. The van der Waals surface area contributed by atoms with Gasteiger partial charge in [-0.2, -0.15) is 4.98 Å². The standard InChI is InChI=1S/C14H9F2N3O2/c1-20-12-7-17-5-4-9(12)14-18-13(19-21-14)8-2-3-10(15)11(16)6-8/h2-7H,1H3. The maximum atomic E-state index is 13.2. The zero-order valence-electron chi connectivity index (χ0n) is 10.9. The van der Waals surface area contributed by atoms with E-state index in [2.05, 4.69) is 15.1 Å². The predicted octanol–water partition coefficient (Wildman–Crippen LogP) is 3.09. The SMILES string of the molecule is COc1cnccc1-c1nc(-c2ccc(F)c(F)c2)no1. The largest absolute Gasteiger partial charge is 0.494 e. The minimum Gasteiger partial charge on any atom is -0.494 e. The van der Waals surface area contributed by atoms with Gasteiger partial charge in [0, 0.05) is 11.8 Å². The van der Waals surface area contributed by atoms with Crippen LogP contribution < -0.4 is 4.74 Å². The number of nitrogens with zero attached hydrogens (tertiary/aromatic N) is 3. The van der Waals surface area contributed by atoms with Crippen molar-refractivity contribution in [3.8, 4) is 28.6 Å². The molecule has 0 fully saturated rings. The lowest BCUT2D eigenvalue weighted by Crippen LogP contribution is -1.89. The Labute approximate surface area is 118 Å². The monoisotopic (exact) mass is 289 g/mol. The second-order valence-corrected chi connectivity index (χ2v) is 4.13. The van der Waals surface area contributed by atoms with Crippen molar-refractivity contribution in [1.82, 2.24) is 15.1 Å². The van der Waals surface area contributed by atoms with Gasteiger partial charge in [-0.05, 0) is 24.3 Å². The van der Waals surface area contributed by atoms with Crippen LogP contribution in [-0.4, -0.2) is 22.2 Å². The first kappa shape index (κ1) is 13.2. The van der Waals surface area contributed by atoms with E-state index < -0.39 is 11.6 Å². The van der Waals surface area contributed by atoms with Crippen LogP contribution in [0.25, 0.3) is 22.8 Å². The van der Waals surface area contributed by atoms with Crippen molar-refractivity contribution in [2.24, 2.45) is 0 Å². The van der Waals surface area contributed by atoms with E-state index in [1.807, 2.05) is 0 Å². The fourth-order valence-electron chi connectivity index (χ4n) is 1.80. The molecule has 0 amide bonds. The summed E-state index contributed by atoms with van der Waals surface area (Å²) < 4.78 is 36.4. The van der Waals surface area contributed by atoms with Gasteiger partial charge in [-0.3, -0.25) is 4.98 Å². The van der Waals surface area contributed by atoms with Crippen molar-refractivity contribution in [2.75, 3.05) is 7.11 Å². The Balaban J connectivity index is 2.01. The second kappa shape index (κ2) is 5.28. The number of methoxy groups -OCH3 is 1. The number of pyridine rings is 1. The van der Waals surface area contributed by atoms with Gasteiger partial charge in [0.1, 0.15) is 5.75 Å². The number of ether oxygens (including phenoxy) is 1. The van der Waals surface area contributed by atoms with E-state index >= 15 is 0 Å². The molecule has 0 bridgehead atoms. The van der Waals surface area contributed by atoms with Crippen LogP contribution >= 0.6 is 0 Å². The summed E-state index contributed by atoms with van der Waals surface area (Å²) in [4.78, 5) is 8.08. The molecule has 0 radical (unpaired) electrons. The molecular formula is C14H9F2N3O2. The van der Waals surface area contributed by atoms with Crippen LogP contribution in [0.3, 0.4) is 0 Å². The van der Waals surface area contributed by atoms with Gasteiger partial charge in [-0.1, -0.05) is 5.16 Å². The summed E-state index contributed by atoms with van der Waals surface area (Å²) in [5.74, 6) is -1.08. The van der Waals surface area contributed by atoms with Crippen molar-refractivity contribution in [2.45, 2.75) is 0 Å². The first-order valence-corrected chi connectivity index (χ1v) is 5.96. The molecule has 0 N–H and O–H groups in total. The third-order valence-corrected chi connectivity index (χ3v) is 2.84. The quantitative estimate of drug-likeness (QED) is 0.741. The molecule has 0 unspecified atom stereocenters. The molecule has 2 aromatic heterocycles. The number of rotatable bonds is 3. The average molecular weight is 289 g/mol. The molecule has 0 saturated heterocycles. The molecule has 0 aliphatic heterocycles. The third-order valence-electron chi connectivity index (χ3n) is 2.84. The summed E-state index contributed by atoms with van der Waals surface area (Å²) in [7, 11) is 1.49. The van der Waals surface area contributed by atoms with Crippen LogP contribution in [-0.2, 0) is 0 Å². The molecular weight excluding hydrogens is 280 g/mol. The lowest BCUT2D eigenvalue weighted by Gasteiger charge is -2.02. The maximum Gasteiger partial charge on any atom is 0.262 e. The maximum absolute atomic E-state index is 13.2. The number of hydrogen-bond acceptors (Lipinski definition) is 5. The van der Waals surface area contributed by atoms with E-state index in [0.717, 1.165) is 12.1 Å². The van der Waals surface area contributed by atoms with Crippen molar-refractivity contribution in [3.05, 3.63) is 48.3 Å². The molecule has 21 heavy (non-hydrogen) atoms. The minimum absolute atomic E-state index is 0.155. The Morgan fingerprint density at radius 3 is 2.76 bits per heavy atom. The molecule has 1 aromatic carbocycles. The summed E-state index contributed by atoms with van der Waals surface area (Å²) in [6.07, 6.45) is 3.07. The fourth-order valence-corrected chi connectivity index (χ4v) is 1.80. The highest BCUT2D eigenvalue weighted by Gasteiger charge is 2.15. The number of halogens is 2. The molecule has 0 spiro atoms. The van der Waals surface area contributed by atoms with Gasteiger partial charge in [0.05, 0.1) is 18.9 Å². The van der Waals surface area contributed by atoms with Crippen molar-refractivity contribution in [3.63, 3.8) is 0 Å². The predicted molar refractivity (Wildman–Crippen MR) is 69.4 cm³/mol. The Hall–Kier alpha value is -2.83. The summed E-state index contributed by atoms with van der Waals surface area (Å²) in [5, 5.41) is 3.76. The van der Waals surface area contributed by atoms with Crippen LogP contribution in [0.15, 0.2) is 41.2 Å². The lowest BCUT2D eigenvalue weighted by atomic mass is 10.2. The zero-order chi connectivity index (χ0) is 14.8. The molecule has 5 nitrogen and oxygen atoms in total. The second-order valence-electron chi connectivity index (χ2n) is 4.13. The summed E-state index contributed by atoms with van der Waals surface area (Å²) >= 11 is 0. The number of hydrogen-bond donors (Lipinski definition) is 0. The Morgan fingerprint density at radius 2 is 2.00 bits per heavy atom. The van der Waals surface area contributed by atoms with Crippen LogP contribution in [0.1, 0.15) is 0 Å². The Bertz CT molecular complexity index is 789. The van der Waals surface area contributed by atoms with Gasteiger partial charge in [0.25, 0.3) is 5.89 Å². The molecule has 7 heteroatoms. The van der Waals surface area contributed by atoms with Gasteiger partial charge >= 0.3 is 0 Å². The highest BCUT2D eigenvalue weighted by atomic mass is 19.2. The number of aromatic nitrogens is 3. The van der Waals surface area contributed by atoms with Gasteiger partial charge in [-0.15, -0.1) is 0 Å².